The van der Waals surface area contributed by atoms with E-state index in [-0.39, 0.29) is 11.8 Å². The first-order valence-electron chi connectivity index (χ1n) is 8.98. The van der Waals surface area contributed by atoms with Gasteiger partial charge in [0.2, 0.25) is 0 Å². The molecule has 0 unspecified atom stereocenters. The van der Waals surface area contributed by atoms with Gasteiger partial charge in [0.15, 0.2) is 0 Å². The molecule has 134 valence electrons. The monoisotopic (exact) mass is 348 g/mol. The maximum atomic E-state index is 12.9. The van der Waals surface area contributed by atoms with Crippen molar-refractivity contribution in [1.29, 1.82) is 5.26 Å². The first-order valence-corrected chi connectivity index (χ1v) is 8.98. The molecule has 4 nitrogen and oxygen atoms in total. The lowest BCUT2D eigenvalue weighted by Gasteiger charge is -2.29. The second-order valence-electron chi connectivity index (χ2n) is 6.94. The van der Waals surface area contributed by atoms with Crippen LogP contribution in [0.25, 0.3) is 11.1 Å². The van der Waals surface area contributed by atoms with Gasteiger partial charge >= 0.3 is 0 Å². The number of rotatable bonds is 3. The van der Waals surface area contributed by atoms with Crippen molar-refractivity contribution in [2.24, 2.45) is 5.92 Å². The van der Waals surface area contributed by atoms with E-state index in [1.807, 2.05) is 49.1 Å². The van der Waals surface area contributed by atoms with E-state index in [4.69, 9.17) is 10.00 Å². The fourth-order valence-electron chi connectivity index (χ4n) is 3.59. The number of hydrogen-bond acceptors (Lipinski definition) is 3. The summed E-state index contributed by atoms with van der Waals surface area (Å²) in [5, 5.41) is 9.15. The third kappa shape index (κ3) is 3.57. The van der Waals surface area contributed by atoms with Gasteiger partial charge in [-0.2, -0.15) is 5.26 Å². The Balaban J connectivity index is 1.90. The first-order chi connectivity index (χ1) is 12.5. The lowest BCUT2D eigenvalue weighted by Crippen LogP contribution is -2.39. The number of carbonyl (C=O) groups excluding carboxylic acids is 1. The van der Waals surface area contributed by atoms with Gasteiger partial charge in [-0.3, -0.25) is 4.79 Å². The van der Waals surface area contributed by atoms with Gasteiger partial charge in [0.25, 0.3) is 5.91 Å². The number of hydrogen-bond donors (Lipinski definition) is 0. The second-order valence-corrected chi connectivity index (χ2v) is 6.94. The summed E-state index contributed by atoms with van der Waals surface area (Å²) in [5.41, 5.74) is 4.98. The molecule has 1 aliphatic heterocycles. The normalized spacial score (nSPS) is 16.8. The highest BCUT2D eigenvalue weighted by molar-refractivity contribution is 5.95. The first kappa shape index (κ1) is 18.0. The molecule has 1 saturated heterocycles. The molecule has 2 aromatic carbocycles. The topological polar surface area (TPSA) is 53.3 Å². The Hall–Kier alpha value is -2.80. The van der Waals surface area contributed by atoms with Crippen molar-refractivity contribution in [3.05, 3.63) is 53.1 Å². The number of piperidine rings is 1. The van der Waals surface area contributed by atoms with Gasteiger partial charge in [-0.1, -0.05) is 12.1 Å². The van der Waals surface area contributed by atoms with Crippen LogP contribution in [0.2, 0.25) is 0 Å². The molecule has 0 spiro atoms. The summed E-state index contributed by atoms with van der Waals surface area (Å²) in [6, 6.07) is 14.2. The van der Waals surface area contributed by atoms with Crippen molar-refractivity contribution >= 4 is 5.91 Å². The molecule has 0 saturated carbocycles. The third-order valence-electron chi connectivity index (χ3n) is 5.05. The number of ether oxygens (including phenoxy) is 1. The largest absolute Gasteiger partial charge is 0.496 e. The minimum absolute atomic E-state index is 0.00897. The number of benzene rings is 2. The second kappa shape index (κ2) is 7.61. The zero-order chi connectivity index (χ0) is 18.7. The summed E-state index contributed by atoms with van der Waals surface area (Å²) in [7, 11) is 1.67. The van der Waals surface area contributed by atoms with E-state index in [1.54, 1.807) is 7.11 Å². The van der Waals surface area contributed by atoms with Gasteiger partial charge in [-0.25, -0.2) is 0 Å². The fourth-order valence-corrected chi connectivity index (χ4v) is 3.59. The molecule has 0 aliphatic carbocycles. The van der Waals surface area contributed by atoms with Crippen LogP contribution in [0.5, 0.6) is 5.75 Å². The zero-order valence-corrected chi connectivity index (χ0v) is 15.6. The molecule has 2 aromatic rings. The number of likely N-dealkylation sites (tertiary alicyclic amines) is 1. The minimum atomic E-state index is -0.0534. The quantitative estimate of drug-likeness (QED) is 0.828. The Morgan fingerprint density at radius 3 is 2.77 bits per heavy atom. The highest BCUT2D eigenvalue weighted by atomic mass is 16.5. The van der Waals surface area contributed by atoms with Gasteiger partial charge < -0.3 is 9.64 Å². The van der Waals surface area contributed by atoms with E-state index >= 15 is 0 Å². The van der Waals surface area contributed by atoms with Crippen LogP contribution >= 0.6 is 0 Å². The lowest BCUT2D eigenvalue weighted by molar-refractivity contribution is 0.0699. The molecule has 1 atom stereocenters. The van der Waals surface area contributed by atoms with Crippen LogP contribution in [0.15, 0.2) is 36.4 Å². The number of carbonyl (C=O) groups is 1. The Labute approximate surface area is 155 Å². The predicted octanol–water partition coefficient (Wildman–Crippen LogP) is 4.35. The van der Waals surface area contributed by atoms with Gasteiger partial charge in [0.1, 0.15) is 5.75 Å². The molecule has 1 fully saturated rings. The average molecular weight is 348 g/mol. The predicted molar refractivity (Wildman–Crippen MR) is 102 cm³/mol. The summed E-state index contributed by atoms with van der Waals surface area (Å²) in [6.07, 6.45) is 1.77. The van der Waals surface area contributed by atoms with Crippen molar-refractivity contribution in [2.45, 2.75) is 26.7 Å². The van der Waals surface area contributed by atoms with Crippen LogP contribution in [0.4, 0.5) is 0 Å². The van der Waals surface area contributed by atoms with Crippen molar-refractivity contribution in [1.82, 2.24) is 4.90 Å². The Morgan fingerprint density at radius 1 is 1.23 bits per heavy atom. The maximum absolute atomic E-state index is 12.9. The Bertz CT molecular complexity index is 867. The molecule has 1 heterocycles. The molecule has 0 aromatic heterocycles. The Morgan fingerprint density at radius 2 is 2.04 bits per heavy atom. The number of methoxy groups -OCH3 is 1. The number of nitriles is 1. The summed E-state index contributed by atoms with van der Waals surface area (Å²) in [6.45, 7) is 5.32. The van der Waals surface area contributed by atoms with Crippen molar-refractivity contribution < 1.29 is 9.53 Å². The van der Waals surface area contributed by atoms with E-state index in [2.05, 4.69) is 12.1 Å². The van der Waals surface area contributed by atoms with E-state index in [0.29, 0.717) is 12.1 Å². The summed E-state index contributed by atoms with van der Waals surface area (Å²) in [5.74, 6) is 0.825. The summed E-state index contributed by atoms with van der Waals surface area (Å²) < 4.78 is 5.39. The summed E-state index contributed by atoms with van der Waals surface area (Å²) >= 11 is 0. The van der Waals surface area contributed by atoms with Gasteiger partial charge in [0, 0.05) is 18.7 Å². The maximum Gasteiger partial charge on any atom is 0.253 e. The van der Waals surface area contributed by atoms with Crippen LogP contribution in [0, 0.1) is 31.1 Å². The zero-order valence-electron chi connectivity index (χ0n) is 15.6. The van der Waals surface area contributed by atoms with Crippen LogP contribution < -0.4 is 4.74 Å². The molecule has 1 aliphatic rings. The van der Waals surface area contributed by atoms with Crippen LogP contribution in [0.3, 0.4) is 0 Å². The highest BCUT2D eigenvalue weighted by Gasteiger charge is 2.24. The molecule has 1 amide bonds. The smallest absolute Gasteiger partial charge is 0.253 e. The van der Waals surface area contributed by atoms with E-state index in [0.717, 1.165) is 47.4 Å². The van der Waals surface area contributed by atoms with Gasteiger partial charge in [-0.05, 0) is 73.2 Å². The summed E-state index contributed by atoms with van der Waals surface area (Å²) in [4.78, 5) is 14.7. The van der Waals surface area contributed by atoms with E-state index in [9.17, 15) is 4.79 Å². The average Bonchev–Trinajstić information content (AvgIpc) is 2.68. The molecule has 3 rings (SSSR count). The molecular formula is C22H24N2O2. The molecular weight excluding hydrogens is 324 g/mol. The standard InChI is InChI=1S/C22H24N2O2/c1-15-11-21(26-3)16(2)10-20(15)18-7-4-8-19(12-18)22(25)24-9-5-6-17(13-23)14-24/h4,7-8,10-12,17H,5-6,9,14H2,1-3H3/t17-/m0/s1. The third-order valence-corrected chi connectivity index (χ3v) is 5.05. The molecule has 4 heteroatoms. The van der Waals surface area contributed by atoms with E-state index < -0.39 is 0 Å². The molecule has 0 N–H and O–H groups in total. The highest BCUT2D eigenvalue weighted by Crippen LogP contribution is 2.31. The van der Waals surface area contributed by atoms with Crippen LogP contribution in [0.1, 0.15) is 34.3 Å². The molecule has 0 radical (unpaired) electrons. The lowest BCUT2D eigenvalue weighted by atomic mass is 9.95. The SMILES string of the molecule is COc1cc(C)c(-c2cccc(C(=O)N3CCC[C@@H](C#N)C3)c2)cc1C. The molecule has 0 bridgehead atoms. The fraction of sp³-hybridized carbons (Fsp3) is 0.364. The van der Waals surface area contributed by atoms with E-state index in [1.165, 1.54) is 0 Å². The number of nitrogens with zero attached hydrogens (tertiary/aromatic N) is 2. The van der Waals surface area contributed by atoms with Gasteiger partial charge in [0.05, 0.1) is 19.1 Å². The van der Waals surface area contributed by atoms with Crippen molar-refractivity contribution in [3.63, 3.8) is 0 Å². The van der Waals surface area contributed by atoms with Gasteiger partial charge in [-0.15, -0.1) is 0 Å². The van der Waals surface area contributed by atoms with Crippen LogP contribution in [-0.2, 0) is 0 Å². The number of aryl methyl sites for hydroxylation is 2. The Kier molecular flexibility index (Phi) is 5.27. The van der Waals surface area contributed by atoms with Crippen molar-refractivity contribution in [2.75, 3.05) is 20.2 Å². The van der Waals surface area contributed by atoms with Crippen LogP contribution in [-0.4, -0.2) is 31.0 Å². The van der Waals surface area contributed by atoms with Crippen molar-refractivity contribution in [3.8, 4) is 22.9 Å². The number of amides is 1. The minimum Gasteiger partial charge on any atom is -0.496 e. The molecule has 26 heavy (non-hydrogen) atoms.